The second-order valence-corrected chi connectivity index (χ2v) is 12.3. The highest BCUT2D eigenvalue weighted by Crippen LogP contribution is 2.71. The van der Waals surface area contributed by atoms with E-state index in [1.54, 1.807) is 0 Å². The zero-order valence-electron chi connectivity index (χ0n) is 3.83. The Balaban J connectivity index is 2.40. The molecule has 4 heteroatoms. The van der Waals surface area contributed by atoms with Gasteiger partial charge in [0.2, 0.25) is 0 Å². The fourth-order valence-electron chi connectivity index (χ4n) is 0.498. The first kappa shape index (κ1) is 6.52. The fourth-order valence-corrected chi connectivity index (χ4v) is 5.83. The molecule has 0 atom stereocenters. The van der Waals surface area contributed by atoms with E-state index in [2.05, 4.69) is 23.3 Å². The Morgan fingerprint density at radius 3 is 2.29 bits per heavy atom. The molecule has 1 saturated heterocycles. The van der Waals surface area contributed by atoms with Crippen molar-refractivity contribution in [1.29, 1.82) is 0 Å². The van der Waals surface area contributed by atoms with Gasteiger partial charge in [-0.3, -0.25) is 0 Å². The summed E-state index contributed by atoms with van der Waals surface area (Å²) in [6.07, 6.45) is 1.31. The van der Waals surface area contributed by atoms with Gasteiger partial charge in [0.15, 0.2) is 0 Å². The minimum absolute atomic E-state index is 0.741. The lowest BCUT2D eigenvalue weighted by molar-refractivity contribution is 1.14. The summed E-state index contributed by atoms with van der Waals surface area (Å²) in [6, 6.07) is 0. The van der Waals surface area contributed by atoms with E-state index in [-0.39, 0.29) is 0 Å². The average molecular weight is 172 g/mol. The van der Waals surface area contributed by atoms with Crippen LogP contribution in [0.3, 0.4) is 0 Å². The number of hydrogen-bond donors (Lipinski definition) is 2. The number of hydrogen-bond acceptors (Lipinski definition) is 3. The van der Waals surface area contributed by atoms with Crippen molar-refractivity contribution in [2.24, 2.45) is 0 Å². The smallest absolute Gasteiger partial charge is 0.00449 e. The summed E-state index contributed by atoms with van der Waals surface area (Å²) >= 11 is 8.72. The lowest BCUT2D eigenvalue weighted by atomic mass is 10.6. The first-order valence-electron chi connectivity index (χ1n) is 2.11. The second kappa shape index (κ2) is 2.33. The normalized spacial score (nSPS) is 32.9. The van der Waals surface area contributed by atoms with Crippen LogP contribution in [-0.4, -0.2) is 11.5 Å². The molecule has 0 saturated carbocycles. The Labute approximate surface area is 59.2 Å². The van der Waals surface area contributed by atoms with Gasteiger partial charge in [-0.25, -0.2) is 0 Å². The Morgan fingerprint density at radius 2 is 2.14 bits per heavy atom. The van der Waals surface area contributed by atoms with Gasteiger partial charge in [0, 0.05) is 11.5 Å². The summed E-state index contributed by atoms with van der Waals surface area (Å²) in [5.74, 6) is 2.49. The van der Waals surface area contributed by atoms with Gasteiger partial charge >= 0.3 is 0 Å². The third kappa shape index (κ3) is 2.00. The van der Waals surface area contributed by atoms with E-state index < -0.39 is 7.12 Å². The number of thiol groups is 2. The second-order valence-electron chi connectivity index (χ2n) is 1.49. The fraction of sp³-hybridized carbons (Fsp3) is 1.00. The zero-order valence-corrected chi connectivity index (χ0v) is 7.25. The highest BCUT2D eigenvalue weighted by atomic mass is 33.8. The zero-order chi connectivity index (χ0) is 5.33. The van der Waals surface area contributed by atoms with Crippen LogP contribution in [0.4, 0.5) is 0 Å². The third-order valence-electron chi connectivity index (χ3n) is 0.827. The molecule has 1 rings (SSSR count). The average Bonchev–Trinajstić information content (AvgIpc) is 1.84. The molecule has 0 spiro atoms. The van der Waals surface area contributed by atoms with Crippen LogP contribution in [0.15, 0.2) is 0 Å². The Morgan fingerprint density at radius 1 is 1.43 bits per heavy atom. The van der Waals surface area contributed by atoms with Gasteiger partial charge in [0.1, 0.15) is 0 Å². The summed E-state index contributed by atoms with van der Waals surface area (Å²) in [5, 5.41) is 0. The largest absolute Gasteiger partial charge is 0.112 e. The first-order chi connectivity index (χ1) is 3.21. The Bertz CT molecular complexity index is 61.3. The predicted molar refractivity (Wildman–Crippen MR) is 47.5 cm³/mol. The summed E-state index contributed by atoms with van der Waals surface area (Å²) in [5.41, 5.74) is 0. The van der Waals surface area contributed by atoms with E-state index in [1.165, 1.54) is 17.9 Å². The topological polar surface area (TPSA) is 0 Å². The van der Waals surface area contributed by atoms with Gasteiger partial charge in [-0.1, -0.05) is 17.9 Å². The van der Waals surface area contributed by atoms with Gasteiger partial charge < -0.3 is 0 Å². The van der Waals surface area contributed by atoms with Crippen LogP contribution in [0.1, 0.15) is 6.42 Å². The molecule has 0 aromatic carbocycles. The quantitative estimate of drug-likeness (QED) is 0.418. The number of rotatable bonds is 0. The highest BCUT2D eigenvalue weighted by Gasteiger charge is 2.19. The van der Waals surface area contributed by atoms with Crippen molar-refractivity contribution in [3.63, 3.8) is 0 Å². The van der Waals surface area contributed by atoms with Crippen LogP contribution in [0.25, 0.3) is 0 Å². The molecule has 1 heterocycles. The Hall–Kier alpha value is 1.40. The molecule has 0 aromatic heterocycles. The van der Waals surface area contributed by atoms with Crippen molar-refractivity contribution in [3.05, 3.63) is 0 Å². The molecular weight excluding hydrogens is 164 g/mol. The maximum Gasteiger partial charge on any atom is 0.00449 e. The van der Waals surface area contributed by atoms with E-state index in [4.69, 9.17) is 0 Å². The van der Waals surface area contributed by atoms with E-state index in [9.17, 15) is 0 Å². The standard InChI is InChI=1S/C3H8S4/c4-7(5)3-1-2-6-7/h4-5H,1-3H2. The third-order valence-corrected chi connectivity index (χ3v) is 7.61. The predicted octanol–water partition coefficient (Wildman–Crippen LogP) is 2.53. The van der Waals surface area contributed by atoms with Crippen LogP contribution < -0.4 is 0 Å². The molecule has 0 amide bonds. The van der Waals surface area contributed by atoms with Crippen LogP contribution in [0, 0.1) is 0 Å². The van der Waals surface area contributed by atoms with Crippen molar-refractivity contribution in [2.45, 2.75) is 6.42 Å². The summed E-state index contributed by atoms with van der Waals surface area (Å²) in [4.78, 5) is 0. The monoisotopic (exact) mass is 172 g/mol. The van der Waals surface area contributed by atoms with Gasteiger partial charge in [-0.15, -0.1) is 23.3 Å². The molecule has 1 aliphatic rings. The van der Waals surface area contributed by atoms with Crippen molar-refractivity contribution in [2.75, 3.05) is 11.5 Å². The first-order valence-corrected chi connectivity index (χ1v) is 7.52. The molecule has 0 unspecified atom stereocenters. The lowest BCUT2D eigenvalue weighted by Crippen LogP contribution is -1.71. The molecule has 0 bridgehead atoms. The van der Waals surface area contributed by atoms with Gasteiger partial charge in [-0.05, 0) is 6.42 Å². The molecule has 1 fully saturated rings. The maximum absolute atomic E-state index is 4.36. The molecule has 0 nitrogen and oxygen atoms in total. The van der Waals surface area contributed by atoms with E-state index in [0.29, 0.717) is 0 Å². The van der Waals surface area contributed by atoms with Gasteiger partial charge in [0.25, 0.3) is 0 Å². The Kier molecular flexibility index (Phi) is 2.17. The van der Waals surface area contributed by atoms with E-state index >= 15 is 0 Å². The van der Waals surface area contributed by atoms with Gasteiger partial charge in [0.05, 0.1) is 0 Å². The summed E-state index contributed by atoms with van der Waals surface area (Å²) < 4.78 is 0. The molecule has 0 aliphatic carbocycles. The summed E-state index contributed by atoms with van der Waals surface area (Å²) in [7, 11) is 1.17. The maximum atomic E-state index is 4.36. The van der Waals surface area contributed by atoms with Crippen LogP contribution in [0.2, 0.25) is 0 Å². The van der Waals surface area contributed by atoms with Crippen LogP contribution in [-0.2, 0) is 0 Å². The minimum Gasteiger partial charge on any atom is -0.112 e. The van der Waals surface area contributed by atoms with Crippen molar-refractivity contribution in [1.82, 2.24) is 0 Å². The van der Waals surface area contributed by atoms with Crippen molar-refractivity contribution in [3.8, 4) is 0 Å². The molecule has 44 valence electrons. The molecule has 0 aromatic rings. The van der Waals surface area contributed by atoms with Crippen LogP contribution in [0.5, 0.6) is 0 Å². The molecule has 7 heavy (non-hydrogen) atoms. The highest BCUT2D eigenvalue weighted by molar-refractivity contribution is 9.43. The van der Waals surface area contributed by atoms with E-state index in [0.717, 1.165) is 0 Å². The van der Waals surface area contributed by atoms with E-state index in [1.807, 2.05) is 10.8 Å². The molecule has 0 N–H and O–H groups in total. The van der Waals surface area contributed by atoms with Gasteiger partial charge in [-0.2, -0.15) is 0 Å². The summed E-state index contributed by atoms with van der Waals surface area (Å²) in [6.45, 7) is 0. The van der Waals surface area contributed by atoms with Crippen LogP contribution >= 0.6 is 41.2 Å². The minimum atomic E-state index is -0.741. The SMILES string of the molecule is SS1(S)CCCS1. The van der Waals surface area contributed by atoms with Crippen molar-refractivity contribution >= 4 is 41.2 Å². The molecule has 0 radical (unpaired) electrons. The molecular formula is C3H8S4. The molecule has 1 aliphatic heterocycles. The lowest BCUT2D eigenvalue weighted by Gasteiger charge is -2.17. The van der Waals surface area contributed by atoms with Crippen molar-refractivity contribution < 1.29 is 0 Å².